The lowest BCUT2D eigenvalue weighted by molar-refractivity contribution is -0.396. The van der Waals surface area contributed by atoms with Crippen molar-refractivity contribution in [2.45, 2.75) is 88.2 Å². The lowest BCUT2D eigenvalue weighted by Crippen LogP contribution is -2.60. The van der Waals surface area contributed by atoms with E-state index in [0.29, 0.717) is 12.8 Å². The molecule has 0 atom stereocenters. The van der Waals surface area contributed by atoms with Gasteiger partial charge in [-0.2, -0.15) is 39.5 Å². The highest BCUT2D eigenvalue weighted by atomic mass is 79.9. The average Bonchev–Trinajstić information content (AvgIpc) is 2.47. The molecule has 0 aromatic rings. The highest BCUT2D eigenvalue weighted by Gasteiger charge is 2.81. The normalized spacial score (nSPS) is 14.2. The summed E-state index contributed by atoms with van der Waals surface area (Å²) in [5, 5.41) is 0.916. The first-order valence-corrected chi connectivity index (χ1v) is 9.19. The van der Waals surface area contributed by atoms with E-state index in [1.165, 1.54) is 0 Å². The standard InChI is InChI=1S/C15H22BrF9/c16-11-9-7-5-3-1-2-4-6-8-10-12(17,18)13(19,20)14(21,22)15(23,24)25/h1-11H2. The van der Waals surface area contributed by atoms with Crippen LogP contribution in [0.5, 0.6) is 0 Å². The minimum absolute atomic E-state index is 0.0741. The van der Waals surface area contributed by atoms with Gasteiger partial charge in [-0.3, -0.25) is 0 Å². The van der Waals surface area contributed by atoms with E-state index in [1.54, 1.807) is 0 Å². The second-order valence-electron chi connectivity index (χ2n) is 5.97. The molecule has 0 amide bonds. The molecule has 0 N–H and O–H groups in total. The summed E-state index contributed by atoms with van der Waals surface area (Å²) < 4.78 is 114. The fourth-order valence-electron chi connectivity index (χ4n) is 2.24. The smallest absolute Gasteiger partial charge is 0.200 e. The first kappa shape index (κ1) is 24.8. The highest BCUT2D eigenvalue weighted by Crippen LogP contribution is 2.54. The molecule has 0 rings (SSSR count). The topological polar surface area (TPSA) is 0 Å². The highest BCUT2D eigenvalue weighted by molar-refractivity contribution is 9.09. The summed E-state index contributed by atoms with van der Waals surface area (Å²) >= 11 is 3.29. The van der Waals surface area contributed by atoms with Gasteiger partial charge in [0.15, 0.2) is 0 Å². The SMILES string of the molecule is FC(F)(F)C(F)(F)C(F)(F)C(F)(F)CCCCCCCCCCCBr. The molecule has 0 aromatic carbocycles. The Balaban J connectivity index is 4.20. The van der Waals surface area contributed by atoms with Crippen molar-refractivity contribution in [1.29, 1.82) is 0 Å². The molecular weight excluding hydrogens is 431 g/mol. The minimum Gasteiger partial charge on any atom is -0.200 e. The number of halogens is 10. The number of rotatable bonds is 13. The van der Waals surface area contributed by atoms with Crippen molar-refractivity contribution in [3.05, 3.63) is 0 Å². The van der Waals surface area contributed by atoms with Crippen LogP contribution in [0.2, 0.25) is 0 Å². The van der Waals surface area contributed by atoms with E-state index in [-0.39, 0.29) is 6.42 Å². The second kappa shape index (κ2) is 10.3. The van der Waals surface area contributed by atoms with Crippen molar-refractivity contribution in [1.82, 2.24) is 0 Å². The molecule has 0 aromatic heterocycles. The third-order valence-corrected chi connectivity index (χ3v) is 4.39. The quantitative estimate of drug-likeness (QED) is 0.152. The molecule has 0 saturated carbocycles. The van der Waals surface area contributed by atoms with Gasteiger partial charge in [0.2, 0.25) is 0 Å². The van der Waals surface area contributed by atoms with Crippen molar-refractivity contribution >= 4 is 15.9 Å². The summed E-state index contributed by atoms with van der Waals surface area (Å²) in [6.45, 7) is 0. The van der Waals surface area contributed by atoms with Crippen LogP contribution in [0.3, 0.4) is 0 Å². The van der Waals surface area contributed by atoms with E-state index >= 15 is 0 Å². The summed E-state index contributed by atoms with van der Waals surface area (Å²) in [6, 6.07) is 0. The van der Waals surface area contributed by atoms with Gasteiger partial charge in [-0.15, -0.1) is 0 Å². The van der Waals surface area contributed by atoms with E-state index < -0.39 is 36.8 Å². The Morgan fingerprint density at radius 2 is 0.840 bits per heavy atom. The van der Waals surface area contributed by atoms with Crippen LogP contribution < -0.4 is 0 Å². The predicted octanol–water partition coefficient (Wildman–Crippen LogP) is 7.75. The number of alkyl halides is 10. The van der Waals surface area contributed by atoms with Gasteiger partial charge in [0, 0.05) is 11.8 Å². The predicted molar refractivity (Wildman–Crippen MR) is 80.9 cm³/mol. The lowest BCUT2D eigenvalue weighted by Gasteiger charge is -2.33. The molecule has 0 unspecified atom stereocenters. The first-order valence-electron chi connectivity index (χ1n) is 8.07. The van der Waals surface area contributed by atoms with Gasteiger partial charge in [-0.25, -0.2) is 0 Å². The van der Waals surface area contributed by atoms with Gasteiger partial charge in [-0.05, 0) is 12.8 Å². The third kappa shape index (κ3) is 7.17. The van der Waals surface area contributed by atoms with Crippen LogP contribution in [0, 0.1) is 0 Å². The molecule has 25 heavy (non-hydrogen) atoms. The van der Waals surface area contributed by atoms with Crippen molar-refractivity contribution in [3.63, 3.8) is 0 Å². The van der Waals surface area contributed by atoms with Gasteiger partial charge in [0.05, 0.1) is 0 Å². The molecule has 0 bridgehead atoms. The Labute approximate surface area is 149 Å². The summed E-state index contributed by atoms with van der Waals surface area (Å²) in [6.07, 6.45) is -2.91. The van der Waals surface area contributed by atoms with Crippen molar-refractivity contribution in [3.8, 4) is 0 Å². The molecule has 0 aliphatic heterocycles. The molecule has 152 valence electrons. The molecule has 0 fully saturated rings. The fraction of sp³-hybridized carbons (Fsp3) is 1.00. The maximum absolute atomic E-state index is 13.2. The summed E-state index contributed by atoms with van der Waals surface area (Å²) in [7, 11) is 0. The number of unbranched alkanes of at least 4 members (excludes halogenated alkanes) is 8. The van der Waals surface area contributed by atoms with Crippen LogP contribution in [0.1, 0.15) is 64.2 Å². The van der Waals surface area contributed by atoms with Crippen molar-refractivity contribution in [2.75, 3.05) is 5.33 Å². The molecule has 0 nitrogen and oxygen atoms in total. The Bertz CT molecular complexity index is 367. The van der Waals surface area contributed by atoms with Gasteiger partial charge in [0.25, 0.3) is 0 Å². The summed E-state index contributed by atoms with van der Waals surface area (Å²) in [4.78, 5) is 0. The van der Waals surface area contributed by atoms with Crippen molar-refractivity contribution in [2.24, 2.45) is 0 Å². The fourth-order valence-corrected chi connectivity index (χ4v) is 2.64. The second-order valence-corrected chi connectivity index (χ2v) is 6.76. The molecule has 0 heterocycles. The Morgan fingerprint density at radius 1 is 0.480 bits per heavy atom. The van der Waals surface area contributed by atoms with Crippen LogP contribution >= 0.6 is 15.9 Å². The zero-order valence-corrected chi connectivity index (χ0v) is 15.1. The number of hydrogen-bond acceptors (Lipinski definition) is 0. The zero-order chi connectivity index (χ0) is 19.8. The largest absolute Gasteiger partial charge is 0.460 e. The Hall–Kier alpha value is -0.150. The van der Waals surface area contributed by atoms with Gasteiger partial charge in [0.1, 0.15) is 0 Å². The van der Waals surface area contributed by atoms with E-state index in [0.717, 1.165) is 37.4 Å². The molecule has 0 spiro atoms. The van der Waals surface area contributed by atoms with Crippen molar-refractivity contribution < 1.29 is 39.5 Å². The summed E-state index contributed by atoms with van der Waals surface area (Å²) in [5.74, 6) is -18.7. The lowest BCUT2D eigenvalue weighted by atomic mass is 9.97. The minimum atomic E-state index is -6.78. The molecule has 10 heteroatoms. The van der Waals surface area contributed by atoms with Gasteiger partial charge in [-0.1, -0.05) is 60.9 Å². The molecule has 0 aliphatic carbocycles. The summed E-state index contributed by atoms with van der Waals surface area (Å²) in [5.41, 5.74) is 0. The van der Waals surface area contributed by atoms with Crippen LogP contribution in [-0.4, -0.2) is 29.3 Å². The van der Waals surface area contributed by atoms with Crippen LogP contribution in [-0.2, 0) is 0 Å². The zero-order valence-electron chi connectivity index (χ0n) is 13.6. The van der Waals surface area contributed by atoms with Gasteiger partial charge < -0.3 is 0 Å². The maximum Gasteiger partial charge on any atom is 0.460 e. The molecule has 0 saturated heterocycles. The Kier molecular flexibility index (Phi) is 10.2. The van der Waals surface area contributed by atoms with E-state index in [2.05, 4.69) is 15.9 Å². The van der Waals surface area contributed by atoms with Crippen LogP contribution in [0.4, 0.5) is 39.5 Å². The third-order valence-electron chi connectivity index (χ3n) is 3.83. The van der Waals surface area contributed by atoms with Crippen LogP contribution in [0.15, 0.2) is 0 Å². The monoisotopic (exact) mass is 452 g/mol. The van der Waals surface area contributed by atoms with E-state index in [4.69, 9.17) is 0 Å². The van der Waals surface area contributed by atoms with Gasteiger partial charge >= 0.3 is 23.9 Å². The molecule has 0 aliphatic rings. The maximum atomic E-state index is 13.2. The Morgan fingerprint density at radius 3 is 1.20 bits per heavy atom. The molecular formula is C15H22BrF9. The number of hydrogen-bond donors (Lipinski definition) is 0. The average molecular weight is 453 g/mol. The molecule has 0 radical (unpaired) electrons. The first-order chi connectivity index (χ1) is 11.3. The van der Waals surface area contributed by atoms with E-state index in [9.17, 15) is 39.5 Å². The van der Waals surface area contributed by atoms with E-state index in [1.807, 2.05) is 0 Å². The van der Waals surface area contributed by atoms with Crippen LogP contribution in [0.25, 0.3) is 0 Å².